The average molecular weight is 278 g/mol. The van der Waals surface area contributed by atoms with Crippen molar-refractivity contribution in [1.29, 1.82) is 0 Å². The number of unbranched alkanes of at least 4 members (excludes halogenated alkanes) is 5. The fourth-order valence-electron chi connectivity index (χ4n) is 2.77. The van der Waals surface area contributed by atoms with Gasteiger partial charge in [-0.15, -0.1) is 0 Å². The first kappa shape index (κ1) is 16.9. The fourth-order valence-corrected chi connectivity index (χ4v) is 2.77. The van der Waals surface area contributed by atoms with Crippen molar-refractivity contribution in [2.45, 2.75) is 77.6 Å². The third kappa shape index (κ3) is 5.85. The molecule has 0 aromatic heterocycles. The van der Waals surface area contributed by atoms with Crippen molar-refractivity contribution < 1.29 is 10.2 Å². The van der Waals surface area contributed by atoms with Gasteiger partial charge in [-0.3, -0.25) is 0 Å². The van der Waals surface area contributed by atoms with E-state index in [1.54, 1.807) is 18.2 Å². The smallest absolute Gasteiger partial charge is 0.119 e. The lowest BCUT2D eigenvalue weighted by Gasteiger charge is -2.18. The van der Waals surface area contributed by atoms with Crippen molar-refractivity contribution in [3.63, 3.8) is 0 Å². The van der Waals surface area contributed by atoms with E-state index < -0.39 is 0 Å². The van der Waals surface area contributed by atoms with Gasteiger partial charge >= 0.3 is 0 Å². The SMILES string of the molecule is CCCCCCCC(CCCC)c1cc(O)ccc1O. The van der Waals surface area contributed by atoms with Crippen LogP contribution in [0.25, 0.3) is 0 Å². The molecule has 1 atom stereocenters. The molecular formula is C18H30O2. The normalized spacial score (nSPS) is 12.5. The number of benzene rings is 1. The van der Waals surface area contributed by atoms with E-state index in [1.807, 2.05) is 0 Å². The Hall–Kier alpha value is -1.18. The van der Waals surface area contributed by atoms with E-state index >= 15 is 0 Å². The van der Waals surface area contributed by atoms with E-state index in [0.29, 0.717) is 11.7 Å². The van der Waals surface area contributed by atoms with Gasteiger partial charge in [-0.05, 0) is 37.0 Å². The number of hydrogen-bond acceptors (Lipinski definition) is 2. The molecule has 0 radical (unpaired) electrons. The van der Waals surface area contributed by atoms with E-state index in [-0.39, 0.29) is 5.75 Å². The molecule has 0 aliphatic carbocycles. The first-order valence-corrected chi connectivity index (χ1v) is 8.20. The van der Waals surface area contributed by atoms with Crippen LogP contribution in [0.1, 0.15) is 83.1 Å². The third-order valence-corrected chi connectivity index (χ3v) is 4.01. The fraction of sp³-hybridized carbons (Fsp3) is 0.667. The Labute approximate surface area is 123 Å². The van der Waals surface area contributed by atoms with E-state index in [2.05, 4.69) is 13.8 Å². The molecular weight excluding hydrogens is 248 g/mol. The van der Waals surface area contributed by atoms with Crippen molar-refractivity contribution in [3.8, 4) is 11.5 Å². The molecule has 114 valence electrons. The quantitative estimate of drug-likeness (QED) is 0.423. The number of aromatic hydroxyl groups is 2. The molecule has 0 saturated carbocycles. The van der Waals surface area contributed by atoms with Crippen molar-refractivity contribution in [2.75, 3.05) is 0 Å². The molecule has 0 amide bonds. The number of hydrogen-bond donors (Lipinski definition) is 2. The van der Waals surface area contributed by atoms with Crippen LogP contribution < -0.4 is 0 Å². The third-order valence-electron chi connectivity index (χ3n) is 4.01. The van der Waals surface area contributed by atoms with Crippen LogP contribution in [0.2, 0.25) is 0 Å². The number of rotatable bonds is 10. The summed E-state index contributed by atoms with van der Waals surface area (Å²) in [6.45, 7) is 4.43. The minimum atomic E-state index is 0.255. The summed E-state index contributed by atoms with van der Waals surface area (Å²) >= 11 is 0. The Morgan fingerprint density at radius 3 is 2.20 bits per heavy atom. The molecule has 1 unspecified atom stereocenters. The predicted molar refractivity (Wildman–Crippen MR) is 85.4 cm³/mol. The lowest BCUT2D eigenvalue weighted by Crippen LogP contribution is -2.00. The second-order valence-electron chi connectivity index (χ2n) is 5.79. The highest BCUT2D eigenvalue weighted by atomic mass is 16.3. The summed E-state index contributed by atoms with van der Waals surface area (Å²) in [5, 5.41) is 19.7. The standard InChI is InChI=1S/C18H30O2/c1-3-5-7-8-9-11-15(10-6-4-2)17-14-16(19)12-13-18(17)20/h12-15,19-20H,3-11H2,1-2H3. The Kier molecular flexibility index (Phi) is 8.17. The second kappa shape index (κ2) is 9.68. The monoisotopic (exact) mass is 278 g/mol. The summed E-state index contributed by atoms with van der Waals surface area (Å²) in [7, 11) is 0. The highest BCUT2D eigenvalue weighted by molar-refractivity contribution is 5.40. The predicted octanol–water partition coefficient (Wildman–Crippen LogP) is 5.73. The van der Waals surface area contributed by atoms with Gasteiger partial charge < -0.3 is 10.2 Å². The van der Waals surface area contributed by atoms with Gasteiger partial charge in [-0.2, -0.15) is 0 Å². The molecule has 2 N–H and O–H groups in total. The van der Waals surface area contributed by atoms with Crippen LogP contribution in [0.5, 0.6) is 11.5 Å². The zero-order valence-corrected chi connectivity index (χ0v) is 13.1. The Balaban J connectivity index is 2.60. The lowest BCUT2D eigenvalue weighted by atomic mass is 9.88. The van der Waals surface area contributed by atoms with E-state index in [4.69, 9.17) is 0 Å². The molecule has 20 heavy (non-hydrogen) atoms. The van der Waals surface area contributed by atoms with Gasteiger partial charge in [-0.1, -0.05) is 58.8 Å². The number of phenols is 2. The van der Waals surface area contributed by atoms with Crippen LogP contribution >= 0.6 is 0 Å². The van der Waals surface area contributed by atoms with Gasteiger partial charge in [0.2, 0.25) is 0 Å². The van der Waals surface area contributed by atoms with Gasteiger partial charge in [0, 0.05) is 5.56 Å². The molecule has 0 aliphatic rings. The van der Waals surface area contributed by atoms with Crippen molar-refractivity contribution >= 4 is 0 Å². The molecule has 1 aromatic carbocycles. The maximum absolute atomic E-state index is 10.0. The lowest BCUT2D eigenvalue weighted by molar-refractivity contribution is 0.433. The summed E-state index contributed by atoms with van der Waals surface area (Å²) in [6.07, 6.45) is 10.9. The zero-order valence-electron chi connectivity index (χ0n) is 13.1. The highest BCUT2D eigenvalue weighted by Crippen LogP contribution is 2.35. The largest absolute Gasteiger partial charge is 0.508 e. The summed E-state index contributed by atoms with van der Waals surface area (Å²) in [6, 6.07) is 4.90. The second-order valence-corrected chi connectivity index (χ2v) is 5.79. The van der Waals surface area contributed by atoms with Crippen LogP contribution in [0.4, 0.5) is 0 Å². The maximum Gasteiger partial charge on any atom is 0.119 e. The van der Waals surface area contributed by atoms with Gasteiger partial charge in [0.05, 0.1) is 0 Å². The number of phenolic OH excluding ortho intramolecular Hbond substituents is 2. The molecule has 0 heterocycles. The van der Waals surface area contributed by atoms with Crippen LogP contribution in [-0.4, -0.2) is 10.2 Å². The van der Waals surface area contributed by atoms with E-state index in [0.717, 1.165) is 18.4 Å². The molecule has 0 aliphatic heterocycles. The highest BCUT2D eigenvalue weighted by Gasteiger charge is 2.15. The topological polar surface area (TPSA) is 40.5 Å². The summed E-state index contributed by atoms with van der Waals surface area (Å²) in [4.78, 5) is 0. The van der Waals surface area contributed by atoms with Crippen molar-refractivity contribution in [2.24, 2.45) is 0 Å². The maximum atomic E-state index is 10.0. The molecule has 1 aromatic rings. The van der Waals surface area contributed by atoms with Crippen molar-refractivity contribution in [1.82, 2.24) is 0 Å². The Morgan fingerprint density at radius 1 is 0.850 bits per heavy atom. The average Bonchev–Trinajstić information content (AvgIpc) is 2.45. The van der Waals surface area contributed by atoms with Gasteiger partial charge in [-0.25, -0.2) is 0 Å². The molecule has 1 rings (SSSR count). The first-order valence-electron chi connectivity index (χ1n) is 8.20. The Morgan fingerprint density at radius 2 is 1.50 bits per heavy atom. The van der Waals surface area contributed by atoms with Gasteiger partial charge in [0.1, 0.15) is 11.5 Å². The zero-order chi connectivity index (χ0) is 14.8. The Bertz CT molecular complexity index is 374. The summed E-state index contributed by atoms with van der Waals surface area (Å²) < 4.78 is 0. The molecule has 0 bridgehead atoms. The van der Waals surface area contributed by atoms with E-state index in [9.17, 15) is 10.2 Å². The van der Waals surface area contributed by atoms with Gasteiger partial charge in [0.15, 0.2) is 0 Å². The minimum absolute atomic E-state index is 0.255. The van der Waals surface area contributed by atoms with Crippen LogP contribution in [0.15, 0.2) is 18.2 Å². The first-order chi connectivity index (χ1) is 9.69. The molecule has 0 saturated heterocycles. The molecule has 2 nitrogen and oxygen atoms in total. The van der Waals surface area contributed by atoms with Crippen LogP contribution in [0.3, 0.4) is 0 Å². The molecule has 0 spiro atoms. The minimum Gasteiger partial charge on any atom is -0.508 e. The van der Waals surface area contributed by atoms with E-state index in [1.165, 1.54) is 44.9 Å². The summed E-state index contributed by atoms with van der Waals surface area (Å²) in [5.74, 6) is 0.964. The molecule has 0 fully saturated rings. The molecule has 2 heteroatoms. The van der Waals surface area contributed by atoms with Crippen molar-refractivity contribution in [3.05, 3.63) is 23.8 Å². The van der Waals surface area contributed by atoms with Gasteiger partial charge in [0.25, 0.3) is 0 Å². The summed E-state index contributed by atoms with van der Waals surface area (Å²) in [5.41, 5.74) is 0.925. The van der Waals surface area contributed by atoms with Crippen LogP contribution in [-0.2, 0) is 0 Å². The van der Waals surface area contributed by atoms with Crippen LogP contribution in [0, 0.1) is 0 Å².